The smallest absolute Gasteiger partial charge is 0.167 e. The van der Waals surface area contributed by atoms with E-state index in [1.807, 2.05) is 60.7 Å². The van der Waals surface area contributed by atoms with E-state index in [-0.39, 0.29) is 12.4 Å². The van der Waals surface area contributed by atoms with Gasteiger partial charge in [0.25, 0.3) is 0 Å². The molecule has 0 radical (unpaired) electrons. The van der Waals surface area contributed by atoms with E-state index >= 15 is 0 Å². The fourth-order valence-electron chi connectivity index (χ4n) is 2.18. The fourth-order valence-corrected chi connectivity index (χ4v) is 2.18. The zero-order chi connectivity index (χ0) is 17.5. The molecule has 25 heavy (non-hydrogen) atoms. The number of rotatable bonds is 7. The summed E-state index contributed by atoms with van der Waals surface area (Å²) in [7, 11) is 0. The Labute approximate surface area is 146 Å². The Morgan fingerprint density at radius 1 is 0.680 bits per heavy atom. The third-order valence-corrected chi connectivity index (χ3v) is 3.25. The number of ketones is 1. The highest BCUT2D eigenvalue weighted by atomic mass is 16.5. The van der Waals surface area contributed by atoms with Gasteiger partial charge in [-0.3, -0.25) is 4.79 Å². The van der Waals surface area contributed by atoms with Gasteiger partial charge in [0.1, 0.15) is 35.4 Å². The van der Waals surface area contributed by atoms with Crippen LogP contribution in [0.15, 0.2) is 78.9 Å². The second-order valence-corrected chi connectivity index (χ2v) is 5.46. The number of Topliss-reactive ketones (excluding diaryl/α,β-unsaturated/α-hetero) is 1. The highest BCUT2D eigenvalue weighted by Gasteiger charge is 2.07. The van der Waals surface area contributed by atoms with Crippen molar-refractivity contribution in [2.24, 2.45) is 0 Å². The van der Waals surface area contributed by atoms with Gasteiger partial charge in [-0.15, -0.1) is 0 Å². The summed E-state index contributed by atoms with van der Waals surface area (Å²) in [5.74, 6) is 3.00. The number of hydrogen-bond donors (Lipinski definition) is 0. The Kier molecular flexibility index (Phi) is 5.32. The van der Waals surface area contributed by atoms with Crippen LogP contribution < -0.4 is 14.2 Å². The molecular weight excluding hydrogens is 316 g/mol. The van der Waals surface area contributed by atoms with E-state index in [1.54, 1.807) is 18.2 Å². The van der Waals surface area contributed by atoms with Gasteiger partial charge in [0.05, 0.1) is 0 Å². The van der Waals surface area contributed by atoms with Gasteiger partial charge in [0, 0.05) is 18.2 Å². The summed E-state index contributed by atoms with van der Waals surface area (Å²) < 4.78 is 17.2. The van der Waals surface area contributed by atoms with Crippen molar-refractivity contribution in [2.75, 3.05) is 6.61 Å². The lowest BCUT2D eigenvalue weighted by atomic mass is 10.3. The average molecular weight is 334 g/mol. The summed E-state index contributed by atoms with van der Waals surface area (Å²) in [5, 5.41) is 0. The Morgan fingerprint density at radius 3 is 1.56 bits per heavy atom. The lowest BCUT2D eigenvalue weighted by Crippen LogP contribution is -2.06. The molecule has 0 bridgehead atoms. The minimum Gasteiger partial charge on any atom is -0.486 e. The van der Waals surface area contributed by atoms with E-state index in [0.29, 0.717) is 28.7 Å². The largest absolute Gasteiger partial charge is 0.486 e. The van der Waals surface area contributed by atoms with Crippen LogP contribution in [-0.2, 0) is 4.79 Å². The van der Waals surface area contributed by atoms with Crippen LogP contribution in [0.4, 0.5) is 0 Å². The number of para-hydroxylation sites is 2. The molecule has 0 saturated heterocycles. The Balaban J connectivity index is 1.86. The zero-order valence-corrected chi connectivity index (χ0v) is 13.8. The molecule has 0 atom stereocenters. The summed E-state index contributed by atoms with van der Waals surface area (Å²) in [6.45, 7) is 1.48. The first-order valence-corrected chi connectivity index (χ1v) is 7.92. The molecule has 0 aliphatic heterocycles. The third-order valence-electron chi connectivity index (χ3n) is 3.25. The molecule has 4 nitrogen and oxygen atoms in total. The van der Waals surface area contributed by atoms with Crippen molar-refractivity contribution in [1.29, 1.82) is 0 Å². The van der Waals surface area contributed by atoms with Gasteiger partial charge in [-0.1, -0.05) is 36.4 Å². The quantitative estimate of drug-likeness (QED) is 0.593. The summed E-state index contributed by atoms with van der Waals surface area (Å²) in [5.41, 5.74) is 0. The monoisotopic (exact) mass is 334 g/mol. The molecule has 3 rings (SSSR count). The van der Waals surface area contributed by atoms with Gasteiger partial charge in [-0.25, -0.2) is 0 Å². The van der Waals surface area contributed by atoms with Gasteiger partial charge in [0.15, 0.2) is 5.78 Å². The molecular formula is C21H18O4. The molecule has 0 fully saturated rings. The Bertz CT molecular complexity index is 769. The van der Waals surface area contributed by atoms with Gasteiger partial charge < -0.3 is 14.2 Å². The van der Waals surface area contributed by atoms with Crippen molar-refractivity contribution in [2.45, 2.75) is 6.92 Å². The zero-order valence-electron chi connectivity index (χ0n) is 13.8. The first-order chi connectivity index (χ1) is 12.2. The second kappa shape index (κ2) is 8.02. The number of hydrogen-bond acceptors (Lipinski definition) is 4. The van der Waals surface area contributed by atoms with Crippen LogP contribution in [0, 0.1) is 0 Å². The molecule has 126 valence electrons. The Hall–Kier alpha value is -3.27. The number of benzene rings is 3. The maximum Gasteiger partial charge on any atom is 0.167 e. The maximum absolute atomic E-state index is 11.2. The highest BCUT2D eigenvalue weighted by molar-refractivity contribution is 5.77. The van der Waals surface area contributed by atoms with Crippen molar-refractivity contribution >= 4 is 5.78 Å². The van der Waals surface area contributed by atoms with Crippen molar-refractivity contribution in [3.05, 3.63) is 78.9 Å². The summed E-state index contributed by atoms with van der Waals surface area (Å²) in [6.07, 6.45) is 0. The van der Waals surface area contributed by atoms with Crippen LogP contribution in [0.2, 0.25) is 0 Å². The minimum atomic E-state index is -0.0556. The number of ether oxygens (including phenoxy) is 3. The molecule has 0 saturated carbocycles. The fraction of sp³-hybridized carbons (Fsp3) is 0.0952. The van der Waals surface area contributed by atoms with E-state index in [0.717, 1.165) is 0 Å². The lowest BCUT2D eigenvalue weighted by molar-refractivity contribution is -0.118. The van der Waals surface area contributed by atoms with Gasteiger partial charge >= 0.3 is 0 Å². The molecule has 3 aromatic carbocycles. The number of carbonyl (C=O) groups excluding carboxylic acids is 1. The van der Waals surface area contributed by atoms with E-state index < -0.39 is 0 Å². The van der Waals surface area contributed by atoms with Crippen LogP contribution in [0.3, 0.4) is 0 Å². The molecule has 0 unspecified atom stereocenters. The molecule has 0 spiro atoms. The first-order valence-electron chi connectivity index (χ1n) is 7.92. The molecule has 3 aromatic rings. The van der Waals surface area contributed by atoms with Crippen LogP contribution in [0.1, 0.15) is 6.92 Å². The molecule has 0 heterocycles. The van der Waals surface area contributed by atoms with Crippen molar-refractivity contribution < 1.29 is 19.0 Å². The molecule has 0 N–H and O–H groups in total. The van der Waals surface area contributed by atoms with Gasteiger partial charge in [0.2, 0.25) is 0 Å². The second-order valence-electron chi connectivity index (χ2n) is 5.46. The topological polar surface area (TPSA) is 44.8 Å². The predicted molar refractivity (Wildman–Crippen MR) is 95.7 cm³/mol. The van der Waals surface area contributed by atoms with E-state index in [2.05, 4.69) is 0 Å². The van der Waals surface area contributed by atoms with Crippen molar-refractivity contribution in [3.63, 3.8) is 0 Å². The van der Waals surface area contributed by atoms with Crippen molar-refractivity contribution in [3.8, 4) is 28.7 Å². The SMILES string of the molecule is CC(=O)COc1cc(Oc2ccccc2)cc(Oc2ccccc2)c1. The van der Waals surface area contributed by atoms with Crippen LogP contribution in [0.5, 0.6) is 28.7 Å². The average Bonchev–Trinajstić information content (AvgIpc) is 2.61. The van der Waals surface area contributed by atoms with E-state index in [4.69, 9.17) is 14.2 Å². The minimum absolute atomic E-state index is 0.000429. The van der Waals surface area contributed by atoms with E-state index in [1.165, 1.54) is 6.92 Å². The van der Waals surface area contributed by atoms with Crippen LogP contribution in [0.25, 0.3) is 0 Å². The number of carbonyl (C=O) groups is 1. The first kappa shape index (κ1) is 16.6. The Morgan fingerprint density at radius 2 is 1.12 bits per heavy atom. The molecule has 0 aliphatic carbocycles. The van der Waals surface area contributed by atoms with Crippen LogP contribution >= 0.6 is 0 Å². The van der Waals surface area contributed by atoms with Gasteiger partial charge in [-0.05, 0) is 31.2 Å². The van der Waals surface area contributed by atoms with Crippen LogP contribution in [-0.4, -0.2) is 12.4 Å². The molecule has 0 aromatic heterocycles. The van der Waals surface area contributed by atoms with Crippen molar-refractivity contribution in [1.82, 2.24) is 0 Å². The molecule has 4 heteroatoms. The third kappa shape index (κ3) is 5.11. The summed E-state index contributed by atoms with van der Waals surface area (Å²) in [6, 6.07) is 24.1. The summed E-state index contributed by atoms with van der Waals surface area (Å²) in [4.78, 5) is 11.2. The molecule has 0 aliphatic rings. The standard InChI is InChI=1S/C21H18O4/c1-16(22)15-23-19-12-20(24-17-8-4-2-5-9-17)14-21(13-19)25-18-10-6-3-7-11-18/h2-14H,15H2,1H3. The maximum atomic E-state index is 11.2. The van der Waals surface area contributed by atoms with E-state index in [9.17, 15) is 4.79 Å². The summed E-state index contributed by atoms with van der Waals surface area (Å²) >= 11 is 0. The lowest BCUT2D eigenvalue weighted by Gasteiger charge is -2.12. The highest BCUT2D eigenvalue weighted by Crippen LogP contribution is 2.33. The molecule has 0 amide bonds. The normalized spacial score (nSPS) is 10.1. The van der Waals surface area contributed by atoms with Gasteiger partial charge in [-0.2, -0.15) is 0 Å². The predicted octanol–water partition coefficient (Wildman–Crippen LogP) is 5.24.